The third kappa shape index (κ3) is 3.71. The molecule has 0 saturated heterocycles. The Labute approximate surface area is 121 Å². The Hall–Kier alpha value is -2.57. The second-order valence-electron chi connectivity index (χ2n) is 4.75. The van der Waals surface area contributed by atoms with Crippen LogP contribution in [0.2, 0.25) is 0 Å². The number of carbonyl (C=O) groups is 1. The third-order valence-electron chi connectivity index (χ3n) is 3.22. The molecule has 0 spiro atoms. The van der Waals surface area contributed by atoms with E-state index < -0.39 is 5.97 Å². The zero-order valence-corrected chi connectivity index (χ0v) is 11.9. The third-order valence-corrected chi connectivity index (χ3v) is 3.22. The van der Waals surface area contributed by atoms with Gasteiger partial charge in [-0.1, -0.05) is 6.07 Å². The van der Waals surface area contributed by atoms with Crippen molar-refractivity contribution >= 4 is 5.97 Å². The van der Waals surface area contributed by atoms with E-state index in [1.165, 1.54) is 17.9 Å². The molecule has 1 unspecified atom stereocenters. The summed E-state index contributed by atoms with van der Waals surface area (Å²) in [7, 11) is 3.15. The Balaban J connectivity index is 2.22. The van der Waals surface area contributed by atoms with Gasteiger partial charge in [0.05, 0.1) is 19.2 Å². The van der Waals surface area contributed by atoms with Crippen LogP contribution in [0.5, 0.6) is 11.8 Å². The van der Waals surface area contributed by atoms with Gasteiger partial charge in [-0.05, 0) is 12.0 Å². The molecule has 0 fully saturated rings. The molecule has 0 aliphatic carbocycles. The highest BCUT2D eigenvalue weighted by Crippen LogP contribution is 2.25. The maximum Gasteiger partial charge on any atom is 0.303 e. The number of aromatic hydroxyl groups is 1. The number of aryl methyl sites for hydroxylation is 1. The zero-order valence-electron chi connectivity index (χ0n) is 11.9. The van der Waals surface area contributed by atoms with E-state index in [1.807, 2.05) is 0 Å². The minimum atomic E-state index is -0.893. The van der Waals surface area contributed by atoms with E-state index in [0.29, 0.717) is 18.0 Å². The molecular formula is C14H17N3O4. The lowest BCUT2D eigenvalue weighted by atomic mass is 9.92. The Morgan fingerprint density at radius 1 is 1.48 bits per heavy atom. The van der Waals surface area contributed by atoms with Crippen LogP contribution in [0.25, 0.3) is 0 Å². The van der Waals surface area contributed by atoms with E-state index in [0.717, 1.165) is 5.56 Å². The predicted octanol–water partition coefficient (Wildman–Crippen LogP) is 1.33. The van der Waals surface area contributed by atoms with Crippen molar-refractivity contribution in [3.05, 3.63) is 35.7 Å². The zero-order chi connectivity index (χ0) is 15.4. The number of carboxylic acid groups (broad SMARTS) is 1. The van der Waals surface area contributed by atoms with Crippen LogP contribution in [0.3, 0.4) is 0 Å². The maximum atomic E-state index is 11.0. The van der Waals surface area contributed by atoms with Gasteiger partial charge in [0.1, 0.15) is 0 Å². The molecule has 21 heavy (non-hydrogen) atoms. The van der Waals surface area contributed by atoms with Gasteiger partial charge >= 0.3 is 5.97 Å². The largest absolute Gasteiger partial charge is 0.493 e. The number of aliphatic carboxylic acids is 1. The molecule has 2 N–H and O–H groups in total. The van der Waals surface area contributed by atoms with E-state index in [4.69, 9.17) is 9.84 Å². The number of rotatable bonds is 6. The molecule has 2 aromatic rings. The van der Waals surface area contributed by atoms with Gasteiger partial charge in [0, 0.05) is 31.3 Å². The van der Waals surface area contributed by atoms with E-state index >= 15 is 0 Å². The average molecular weight is 291 g/mol. The second kappa shape index (κ2) is 6.25. The van der Waals surface area contributed by atoms with E-state index in [1.54, 1.807) is 25.4 Å². The second-order valence-corrected chi connectivity index (χ2v) is 4.75. The van der Waals surface area contributed by atoms with Crippen LogP contribution in [0.15, 0.2) is 24.4 Å². The molecule has 2 rings (SSSR count). The Kier molecular flexibility index (Phi) is 4.42. The van der Waals surface area contributed by atoms with Crippen LogP contribution in [-0.2, 0) is 18.3 Å². The summed E-state index contributed by atoms with van der Waals surface area (Å²) in [5.74, 6) is -0.638. The first kappa shape index (κ1) is 14.8. The molecule has 0 aliphatic heterocycles. The molecule has 0 aromatic carbocycles. The summed E-state index contributed by atoms with van der Waals surface area (Å²) >= 11 is 0. The van der Waals surface area contributed by atoms with Crippen molar-refractivity contribution in [2.75, 3.05) is 7.11 Å². The lowest BCUT2D eigenvalue weighted by molar-refractivity contribution is -0.137. The monoisotopic (exact) mass is 291 g/mol. The van der Waals surface area contributed by atoms with E-state index in [9.17, 15) is 9.90 Å². The topological polar surface area (TPSA) is 97.5 Å². The molecule has 0 amide bonds. The van der Waals surface area contributed by atoms with Crippen LogP contribution in [-0.4, -0.2) is 38.1 Å². The van der Waals surface area contributed by atoms with Crippen molar-refractivity contribution in [1.82, 2.24) is 14.8 Å². The number of hydrogen-bond acceptors (Lipinski definition) is 5. The van der Waals surface area contributed by atoms with Gasteiger partial charge in [-0.15, -0.1) is 0 Å². The molecule has 2 aromatic heterocycles. The fourth-order valence-corrected chi connectivity index (χ4v) is 2.14. The van der Waals surface area contributed by atoms with Gasteiger partial charge in [0.2, 0.25) is 11.8 Å². The lowest BCUT2D eigenvalue weighted by Crippen LogP contribution is -2.10. The summed E-state index contributed by atoms with van der Waals surface area (Å²) in [4.78, 5) is 15.1. The normalized spacial score (nSPS) is 12.1. The van der Waals surface area contributed by atoms with E-state index in [-0.39, 0.29) is 18.2 Å². The molecule has 0 radical (unpaired) electrons. The standard InChI is InChI=1S/C14H17N3O4/c1-17-13(18)7-11(16-17)5-10(6-14(19)20)9-3-4-12(21-2)15-8-9/h3-4,7-8,10,18H,5-6H2,1-2H3,(H,19,20). The average Bonchev–Trinajstić information content (AvgIpc) is 2.76. The van der Waals surface area contributed by atoms with Gasteiger partial charge in [0.25, 0.3) is 0 Å². The van der Waals surface area contributed by atoms with Crippen LogP contribution >= 0.6 is 0 Å². The van der Waals surface area contributed by atoms with Crippen LogP contribution in [0, 0.1) is 0 Å². The minimum Gasteiger partial charge on any atom is -0.493 e. The lowest BCUT2D eigenvalue weighted by Gasteiger charge is -2.14. The van der Waals surface area contributed by atoms with Crippen molar-refractivity contribution < 1.29 is 19.7 Å². The Morgan fingerprint density at radius 2 is 2.24 bits per heavy atom. The first-order valence-corrected chi connectivity index (χ1v) is 6.43. The maximum absolute atomic E-state index is 11.0. The fraction of sp³-hybridized carbons (Fsp3) is 0.357. The number of aromatic nitrogens is 3. The summed E-state index contributed by atoms with van der Waals surface area (Å²) < 4.78 is 6.34. The van der Waals surface area contributed by atoms with Gasteiger partial charge in [-0.3, -0.25) is 4.79 Å². The molecule has 0 aliphatic rings. The molecular weight excluding hydrogens is 274 g/mol. The highest BCUT2D eigenvalue weighted by molar-refractivity contribution is 5.68. The highest BCUT2D eigenvalue weighted by atomic mass is 16.5. The number of carboxylic acids is 1. The van der Waals surface area contributed by atoms with Crippen molar-refractivity contribution in [2.24, 2.45) is 7.05 Å². The summed E-state index contributed by atoms with van der Waals surface area (Å²) in [6.45, 7) is 0. The van der Waals surface area contributed by atoms with Crippen LogP contribution < -0.4 is 4.74 Å². The number of nitrogens with zero attached hydrogens (tertiary/aromatic N) is 3. The number of pyridine rings is 1. The molecule has 112 valence electrons. The summed E-state index contributed by atoms with van der Waals surface area (Å²) in [6, 6.07) is 5.02. The first-order valence-electron chi connectivity index (χ1n) is 6.43. The quantitative estimate of drug-likeness (QED) is 0.833. The van der Waals surface area contributed by atoms with Gasteiger partial charge in [-0.25, -0.2) is 9.67 Å². The Morgan fingerprint density at radius 3 is 2.71 bits per heavy atom. The van der Waals surface area contributed by atoms with Crippen molar-refractivity contribution in [3.63, 3.8) is 0 Å². The number of hydrogen-bond donors (Lipinski definition) is 2. The highest BCUT2D eigenvalue weighted by Gasteiger charge is 2.19. The van der Waals surface area contributed by atoms with Crippen molar-refractivity contribution in [1.29, 1.82) is 0 Å². The predicted molar refractivity (Wildman–Crippen MR) is 74.4 cm³/mol. The summed E-state index contributed by atoms with van der Waals surface area (Å²) in [6.07, 6.45) is 1.98. The molecule has 0 saturated carbocycles. The number of ether oxygens (including phenoxy) is 1. The summed E-state index contributed by atoms with van der Waals surface area (Å²) in [5.41, 5.74) is 1.43. The molecule has 0 bridgehead atoms. The van der Waals surface area contributed by atoms with Crippen molar-refractivity contribution in [2.45, 2.75) is 18.8 Å². The van der Waals surface area contributed by atoms with E-state index in [2.05, 4.69) is 10.1 Å². The minimum absolute atomic E-state index is 0.0364. The smallest absolute Gasteiger partial charge is 0.303 e. The summed E-state index contributed by atoms with van der Waals surface area (Å²) in [5, 5.41) is 22.7. The van der Waals surface area contributed by atoms with Gasteiger partial charge in [0.15, 0.2) is 0 Å². The molecule has 1 atom stereocenters. The van der Waals surface area contributed by atoms with Gasteiger partial charge in [-0.2, -0.15) is 5.10 Å². The fourth-order valence-electron chi connectivity index (χ4n) is 2.14. The molecule has 7 nitrogen and oxygen atoms in total. The number of methoxy groups -OCH3 is 1. The van der Waals surface area contributed by atoms with Crippen LogP contribution in [0.4, 0.5) is 0 Å². The van der Waals surface area contributed by atoms with Crippen LogP contribution in [0.1, 0.15) is 23.6 Å². The van der Waals surface area contributed by atoms with Crippen molar-refractivity contribution in [3.8, 4) is 11.8 Å². The first-order chi connectivity index (χ1) is 9.99. The molecule has 7 heteroatoms. The SMILES string of the molecule is COc1ccc(C(CC(=O)O)Cc2cc(O)n(C)n2)cn1. The Bertz CT molecular complexity index is 602. The van der Waals surface area contributed by atoms with Gasteiger partial charge < -0.3 is 14.9 Å². The molecule has 2 heterocycles.